The zero-order valence-electron chi connectivity index (χ0n) is 15.5. The fraction of sp³-hybridized carbons (Fsp3) is 0.550. The number of hydrogen-bond acceptors (Lipinski definition) is 6. The normalized spacial score (nSPS) is 22.7. The van der Waals surface area contributed by atoms with E-state index in [1.807, 2.05) is 6.07 Å². The molecule has 0 saturated heterocycles. The molecule has 2 aliphatic rings. The minimum Gasteiger partial charge on any atom is -0.356 e. The van der Waals surface area contributed by atoms with Crippen LogP contribution >= 0.6 is 0 Å². The van der Waals surface area contributed by atoms with Gasteiger partial charge in [-0.2, -0.15) is 0 Å². The average Bonchev–Trinajstić information content (AvgIpc) is 2.66. The van der Waals surface area contributed by atoms with Crippen LogP contribution in [0.5, 0.6) is 0 Å². The first kappa shape index (κ1) is 17.8. The van der Waals surface area contributed by atoms with Gasteiger partial charge in [-0.05, 0) is 56.6 Å². The van der Waals surface area contributed by atoms with Crippen molar-refractivity contribution in [3.63, 3.8) is 0 Å². The van der Waals surface area contributed by atoms with Crippen molar-refractivity contribution in [3.05, 3.63) is 36.4 Å². The molecular weight excluding hydrogens is 340 g/mol. The van der Waals surface area contributed by atoms with Gasteiger partial charge in [0.2, 0.25) is 17.8 Å². The van der Waals surface area contributed by atoms with Crippen molar-refractivity contribution in [1.29, 1.82) is 0 Å². The van der Waals surface area contributed by atoms with E-state index in [4.69, 9.17) is 0 Å². The van der Waals surface area contributed by atoms with Gasteiger partial charge in [0.05, 0.1) is 0 Å². The molecule has 7 heteroatoms. The summed E-state index contributed by atoms with van der Waals surface area (Å²) in [7, 11) is 0. The Labute approximate surface area is 159 Å². The molecule has 0 aromatic carbocycles. The smallest absolute Gasteiger partial charge is 0.229 e. The van der Waals surface area contributed by atoms with Crippen LogP contribution in [0.2, 0.25) is 0 Å². The summed E-state index contributed by atoms with van der Waals surface area (Å²) in [6, 6.07) is 3.77. The summed E-state index contributed by atoms with van der Waals surface area (Å²) in [5.41, 5.74) is 1.07. The maximum absolute atomic E-state index is 12.0. The molecule has 4 rings (SSSR count). The second-order valence-corrected chi connectivity index (χ2v) is 7.59. The molecule has 27 heavy (non-hydrogen) atoms. The number of carbonyl (C=O) groups excluding carboxylic acids is 1. The number of anilines is 2. The van der Waals surface area contributed by atoms with Gasteiger partial charge in [0.25, 0.3) is 0 Å². The predicted octanol–water partition coefficient (Wildman–Crippen LogP) is 3.20. The summed E-state index contributed by atoms with van der Waals surface area (Å²) >= 11 is 0. The minimum absolute atomic E-state index is 0.262. The SMILES string of the molecule is O=C(NCC1CCC(c2ccnc(Nc3ncccn3)n2)CC1)C1CCC1. The van der Waals surface area contributed by atoms with Gasteiger partial charge >= 0.3 is 0 Å². The van der Waals surface area contributed by atoms with E-state index in [2.05, 4.69) is 30.6 Å². The van der Waals surface area contributed by atoms with Crippen LogP contribution in [0.4, 0.5) is 11.9 Å². The highest BCUT2D eigenvalue weighted by Gasteiger charge is 2.27. The van der Waals surface area contributed by atoms with Gasteiger partial charge < -0.3 is 5.32 Å². The predicted molar refractivity (Wildman–Crippen MR) is 102 cm³/mol. The lowest BCUT2D eigenvalue weighted by Crippen LogP contribution is -2.37. The molecule has 2 aliphatic carbocycles. The molecule has 2 aromatic rings. The third-order valence-electron chi connectivity index (χ3n) is 5.77. The number of amides is 1. The second kappa shape index (κ2) is 8.41. The molecule has 0 spiro atoms. The second-order valence-electron chi connectivity index (χ2n) is 7.59. The van der Waals surface area contributed by atoms with Crippen molar-refractivity contribution in [2.24, 2.45) is 11.8 Å². The number of carbonyl (C=O) groups is 1. The number of nitrogens with zero attached hydrogens (tertiary/aromatic N) is 4. The van der Waals surface area contributed by atoms with Crippen molar-refractivity contribution in [2.75, 3.05) is 11.9 Å². The highest BCUT2D eigenvalue weighted by Crippen LogP contribution is 2.35. The first-order valence-electron chi connectivity index (χ1n) is 9.92. The van der Waals surface area contributed by atoms with Gasteiger partial charge in [-0.1, -0.05) is 6.42 Å². The van der Waals surface area contributed by atoms with E-state index in [1.165, 1.54) is 6.42 Å². The van der Waals surface area contributed by atoms with Crippen LogP contribution in [-0.4, -0.2) is 32.4 Å². The van der Waals surface area contributed by atoms with Crippen LogP contribution in [0.3, 0.4) is 0 Å². The summed E-state index contributed by atoms with van der Waals surface area (Å²) in [4.78, 5) is 29.2. The van der Waals surface area contributed by atoms with E-state index < -0.39 is 0 Å². The Bertz CT molecular complexity index is 756. The molecule has 0 aliphatic heterocycles. The van der Waals surface area contributed by atoms with Crippen LogP contribution in [0.15, 0.2) is 30.7 Å². The van der Waals surface area contributed by atoms with E-state index in [0.29, 0.717) is 23.7 Å². The van der Waals surface area contributed by atoms with Crippen LogP contribution in [0, 0.1) is 11.8 Å². The summed E-state index contributed by atoms with van der Waals surface area (Å²) in [5.74, 6) is 2.61. The summed E-state index contributed by atoms with van der Waals surface area (Å²) in [6.07, 6.45) is 13.0. The first-order chi connectivity index (χ1) is 13.3. The van der Waals surface area contributed by atoms with E-state index >= 15 is 0 Å². The van der Waals surface area contributed by atoms with E-state index in [-0.39, 0.29) is 11.8 Å². The highest BCUT2D eigenvalue weighted by atomic mass is 16.1. The Kier molecular flexibility index (Phi) is 5.55. The Morgan fingerprint density at radius 3 is 2.41 bits per heavy atom. The molecule has 2 saturated carbocycles. The van der Waals surface area contributed by atoms with Gasteiger partial charge in [-0.25, -0.2) is 19.9 Å². The quantitative estimate of drug-likeness (QED) is 0.815. The summed E-state index contributed by atoms with van der Waals surface area (Å²) in [5, 5.41) is 6.21. The third kappa shape index (κ3) is 4.59. The van der Waals surface area contributed by atoms with E-state index in [0.717, 1.165) is 50.8 Å². The molecule has 142 valence electrons. The zero-order valence-corrected chi connectivity index (χ0v) is 15.5. The molecule has 7 nitrogen and oxygen atoms in total. The molecule has 0 radical (unpaired) electrons. The third-order valence-corrected chi connectivity index (χ3v) is 5.77. The van der Waals surface area contributed by atoms with Crippen LogP contribution in [-0.2, 0) is 4.79 Å². The van der Waals surface area contributed by atoms with Gasteiger partial charge in [-0.3, -0.25) is 10.1 Å². The molecule has 2 N–H and O–H groups in total. The topological polar surface area (TPSA) is 92.7 Å². The monoisotopic (exact) mass is 366 g/mol. The minimum atomic E-state index is 0.262. The zero-order chi connectivity index (χ0) is 18.5. The van der Waals surface area contributed by atoms with Crippen LogP contribution < -0.4 is 10.6 Å². The Balaban J connectivity index is 1.27. The first-order valence-corrected chi connectivity index (χ1v) is 9.92. The van der Waals surface area contributed by atoms with E-state index in [1.54, 1.807) is 24.7 Å². The molecule has 1 amide bonds. The van der Waals surface area contributed by atoms with Crippen molar-refractivity contribution in [2.45, 2.75) is 50.9 Å². The number of rotatable bonds is 6. The molecule has 2 aromatic heterocycles. The van der Waals surface area contributed by atoms with Crippen molar-refractivity contribution >= 4 is 17.8 Å². The van der Waals surface area contributed by atoms with Crippen molar-refractivity contribution in [3.8, 4) is 0 Å². The maximum atomic E-state index is 12.0. The molecule has 0 atom stereocenters. The van der Waals surface area contributed by atoms with Gasteiger partial charge in [0, 0.05) is 42.7 Å². The lowest BCUT2D eigenvalue weighted by molar-refractivity contribution is -0.127. The highest BCUT2D eigenvalue weighted by molar-refractivity contribution is 5.79. The van der Waals surface area contributed by atoms with E-state index in [9.17, 15) is 4.79 Å². The van der Waals surface area contributed by atoms with Crippen LogP contribution in [0.25, 0.3) is 0 Å². The van der Waals surface area contributed by atoms with Crippen molar-refractivity contribution < 1.29 is 4.79 Å². The Morgan fingerprint density at radius 1 is 0.963 bits per heavy atom. The molecule has 2 fully saturated rings. The number of aromatic nitrogens is 4. The van der Waals surface area contributed by atoms with Crippen LogP contribution in [0.1, 0.15) is 56.6 Å². The average molecular weight is 366 g/mol. The maximum Gasteiger partial charge on any atom is 0.229 e. The Morgan fingerprint density at radius 2 is 1.70 bits per heavy atom. The Hall–Kier alpha value is -2.57. The molecule has 0 unspecified atom stereocenters. The number of nitrogens with one attached hydrogen (secondary N) is 2. The lowest BCUT2D eigenvalue weighted by atomic mass is 9.80. The van der Waals surface area contributed by atoms with Gasteiger partial charge in [0.1, 0.15) is 0 Å². The van der Waals surface area contributed by atoms with Gasteiger partial charge in [0.15, 0.2) is 0 Å². The standard InChI is InChI=1S/C20H26N6O/c27-18(16-3-1-4-16)24-13-14-5-7-15(8-6-14)17-9-12-23-20(25-17)26-19-21-10-2-11-22-19/h2,9-12,14-16H,1,3-8,13H2,(H,24,27)(H,21,22,23,25,26). The summed E-state index contributed by atoms with van der Waals surface area (Å²) < 4.78 is 0. The fourth-order valence-corrected chi connectivity index (χ4v) is 3.85. The van der Waals surface area contributed by atoms with Gasteiger partial charge in [-0.15, -0.1) is 0 Å². The van der Waals surface area contributed by atoms with Crippen molar-refractivity contribution in [1.82, 2.24) is 25.3 Å². The summed E-state index contributed by atoms with van der Waals surface area (Å²) in [6.45, 7) is 0.823. The molecule has 0 bridgehead atoms. The number of hydrogen-bond donors (Lipinski definition) is 2. The molecular formula is C20H26N6O. The fourth-order valence-electron chi connectivity index (χ4n) is 3.85. The molecule has 2 heterocycles. The largest absolute Gasteiger partial charge is 0.356 e. The lowest BCUT2D eigenvalue weighted by Gasteiger charge is -2.30.